The number of hydrogen-bond acceptors (Lipinski definition) is 7. The van der Waals surface area contributed by atoms with Crippen LogP contribution >= 0.6 is 0 Å². The molecule has 1 aliphatic carbocycles. The minimum atomic E-state index is -4.01. The molecule has 0 spiro atoms. The molecular formula is C26H31N7O4S. The van der Waals surface area contributed by atoms with E-state index in [9.17, 15) is 23.3 Å². The minimum absolute atomic E-state index is 0.0269. The van der Waals surface area contributed by atoms with E-state index in [2.05, 4.69) is 22.4 Å². The molecule has 0 atom stereocenters. The molecule has 1 saturated heterocycles. The van der Waals surface area contributed by atoms with Gasteiger partial charge >= 0.3 is 0 Å². The number of aromatic nitrogens is 2. The molecule has 1 N–H and O–H groups in total. The number of sulfonamides is 1. The molecule has 0 radical (unpaired) electrons. The summed E-state index contributed by atoms with van der Waals surface area (Å²) >= 11 is 0. The number of amides is 2. The van der Waals surface area contributed by atoms with Gasteiger partial charge in [-0.15, -0.1) is 0 Å². The number of fused-ring (bicyclic) bond motifs is 1. The van der Waals surface area contributed by atoms with Crippen LogP contribution in [0.4, 0.5) is 5.69 Å². The van der Waals surface area contributed by atoms with E-state index in [0.29, 0.717) is 69.1 Å². The first-order valence-electron chi connectivity index (χ1n) is 12.7. The van der Waals surface area contributed by atoms with Crippen molar-refractivity contribution in [2.45, 2.75) is 37.1 Å². The molecule has 2 aromatic heterocycles. The monoisotopic (exact) mass is 537 g/mol. The van der Waals surface area contributed by atoms with Gasteiger partial charge in [0.25, 0.3) is 0 Å². The molecule has 11 nitrogen and oxygen atoms in total. The van der Waals surface area contributed by atoms with Crippen LogP contribution in [-0.2, 0) is 19.6 Å². The first-order chi connectivity index (χ1) is 18.1. The average Bonchev–Trinajstić information content (AvgIpc) is 3.29. The predicted octanol–water partition coefficient (Wildman–Crippen LogP) is 1.38. The van der Waals surface area contributed by atoms with Crippen LogP contribution in [0.25, 0.3) is 11.2 Å². The first-order valence-corrected chi connectivity index (χ1v) is 14.2. The zero-order valence-corrected chi connectivity index (χ0v) is 22.4. The van der Waals surface area contributed by atoms with E-state index in [1.165, 1.54) is 12.3 Å². The lowest BCUT2D eigenvalue weighted by molar-refractivity contribution is -0.134. The van der Waals surface area contributed by atoms with Crippen molar-refractivity contribution in [3.05, 3.63) is 42.9 Å². The number of imidazole rings is 1. The Morgan fingerprint density at radius 3 is 2.53 bits per heavy atom. The van der Waals surface area contributed by atoms with Gasteiger partial charge in [-0.05, 0) is 30.6 Å². The Morgan fingerprint density at radius 1 is 1.21 bits per heavy atom. The maximum absolute atomic E-state index is 13.4. The molecule has 0 unspecified atom stereocenters. The number of hydrogen-bond donors (Lipinski definition) is 1. The predicted molar refractivity (Wildman–Crippen MR) is 141 cm³/mol. The largest absolute Gasteiger partial charge is 0.365 e. The van der Waals surface area contributed by atoms with Crippen molar-refractivity contribution in [3.63, 3.8) is 0 Å². The van der Waals surface area contributed by atoms with Crippen LogP contribution in [0.2, 0.25) is 0 Å². The summed E-state index contributed by atoms with van der Waals surface area (Å²) < 4.78 is 31.2. The molecule has 1 saturated carbocycles. The Kier molecular flexibility index (Phi) is 6.53. The second-order valence-corrected chi connectivity index (χ2v) is 12.0. The summed E-state index contributed by atoms with van der Waals surface area (Å²) in [5.41, 5.74) is 1.69. The van der Waals surface area contributed by atoms with Crippen LogP contribution in [-0.4, -0.2) is 84.2 Å². The van der Waals surface area contributed by atoms with Crippen LogP contribution in [0.1, 0.15) is 32.4 Å². The highest BCUT2D eigenvalue weighted by atomic mass is 32.2. The van der Waals surface area contributed by atoms with E-state index in [0.717, 1.165) is 5.57 Å². The number of nitrogens with one attached hydrogen (secondary N) is 1. The summed E-state index contributed by atoms with van der Waals surface area (Å²) in [4.78, 5) is 34.8. The van der Waals surface area contributed by atoms with Crippen molar-refractivity contribution in [2.75, 3.05) is 44.2 Å². The second kappa shape index (κ2) is 9.56. The number of piperazine rings is 1. The van der Waals surface area contributed by atoms with Crippen molar-refractivity contribution in [2.24, 2.45) is 5.92 Å². The summed E-state index contributed by atoms with van der Waals surface area (Å²) in [7, 11) is -4.01. The number of carbonyl (C=O) groups is 2. The summed E-state index contributed by atoms with van der Waals surface area (Å²) in [6.07, 6.45) is 7.35. The van der Waals surface area contributed by atoms with Gasteiger partial charge in [0.15, 0.2) is 5.65 Å². The van der Waals surface area contributed by atoms with Gasteiger partial charge in [-0.2, -0.15) is 9.98 Å². The average molecular weight is 538 g/mol. The number of carbonyl (C=O) groups excluding carboxylic acids is 2. The van der Waals surface area contributed by atoms with E-state index in [1.807, 2.05) is 29.7 Å². The Labute approximate surface area is 222 Å². The number of anilines is 1. The SMILES string of the molecule is C=CC(=O)N1CC=C(c2cnc3c(N4CCN(C(=O)C(C)C)CC4)cc(S(=O)(=O)NC4(C#N)CC4)cn23)C1. The lowest BCUT2D eigenvalue weighted by atomic mass is 10.1. The molecule has 4 heterocycles. The van der Waals surface area contributed by atoms with Crippen LogP contribution in [0.15, 0.2) is 42.1 Å². The van der Waals surface area contributed by atoms with Gasteiger partial charge in [-0.3, -0.25) is 14.0 Å². The van der Waals surface area contributed by atoms with Crippen molar-refractivity contribution in [3.8, 4) is 6.07 Å². The maximum atomic E-state index is 13.4. The van der Waals surface area contributed by atoms with Crippen LogP contribution in [0.5, 0.6) is 0 Å². The van der Waals surface area contributed by atoms with E-state index in [4.69, 9.17) is 0 Å². The standard InChI is InChI=1S/C26H31N7O4S/c1-4-23(34)32-8-5-19(15-32)22-14-28-24-21(30-9-11-31(12-10-30)25(35)18(2)3)13-20(16-33(22)24)38(36,37)29-26(17-27)6-7-26/h4-5,13-14,16,18,29H,1,6-12,15H2,2-3H3. The van der Waals surface area contributed by atoms with Crippen LogP contribution in [0, 0.1) is 17.2 Å². The van der Waals surface area contributed by atoms with Crippen molar-refractivity contribution < 1.29 is 18.0 Å². The van der Waals surface area contributed by atoms with Crippen molar-refractivity contribution in [1.82, 2.24) is 23.9 Å². The second-order valence-electron chi connectivity index (χ2n) is 10.3. The minimum Gasteiger partial charge on any atom is -0.365 e. The van der Waals surface area contributed by atoms with E-state index in [-0.39, 0.29) is 22.6 Å². The molecule has 2 amide bonds. The van der Waals surface area contributed by atoms with Crippen LogP contribution in [0.3, 0.4) is 0 Å². The smallest absolute Gasteiger partial charge is 0.246 e. The normalized spacial score (nSPS) is 19.0. The molecule has 200 valence electrons. The van der Waals surface area contributed by atoms with Gasteiger partial charge in [0.1, 0.15) is 10.4 Å². The third kappa shape index (κ3) is 4.68. The number of pyridine rings is 1. The van der Waals surface area contributed by atoms with Gasteiger partial charge < -0.3 is 14.7 Å². The molecule has 12 heteroatoms. The third-order valence-corrected chi connectivity index (χ3v) is 8.83. The fourth-order valence-corrected chi connectivity index (χ4v) is 6.30. The fraction of sp³-hybridized carbons (Fsp3) is 0.462. The highest BCUT2D eigenvalue weighted by molar-refractivity contribution is 7.89. The fourth-order valence-electron chi connectivity index (χ4n) is 4.91. The van der Waals surface area contributed by atoms with Crippen molar-refractivity contribution in [1.29, 1.82) is 5.26 Å². The Bertz CT molecular complexity index is 1490. The Balaban J connectivity index is 1.54. The molecular weight excluding hydrogens is 506 g/mol. The highest BCUT2D eigenvalue weighted by Crippen LogP contribution is 2.37. The summed E-state index contributed by atoms with van der Waals surface area (Å²) in [6, 6.07) is 3.67. The van der Waals surface area contributed by atoms with E-state index >= 15 is 0 Å². The van der Waals surface area contributed by atoms with Gasteiger partial charge in [-0.25, -0.2) is 13.4 Å². The zero-order valence-electron chi connectivity index (χ0n) is 21.6. The zero-order chi connectivity index (χ0) is 27.2. The van der Waals surface area contributed by atoms with Crippen LogP contribution < -0.4 is 9.62 Å². The molecule has 0 aromatic carbocycles. The van der Waals surface area contributed by atoms with Gasteiger partial charge in [-0.1, -0.05) is 26.5 Å². The topological polar surface area (TPSA) is 131 Å². The molecule has 38 heavy (non-hydrogen) atoms. The lowest BCUT2D eigenvalue weighted by Crippen LogP contribution is -2.50. The summed E-state index contributed by atoms with van der Waals surface area (Å²) in [5.74, 6) is -0.181. The Morgan fingerprint density at radius 2 is 1.92 bits per heavy atom. The molecule has 5 rings (SSSR count). The van der Waals surface area contributed by atoms with E-state index < -0.39 is 15.6 Å². The number of nitriles is 1. The molecule has 2 aliphatic heterocycles. The molecule has 2 aromatic rings. The highest BCUT2D eigenvalue weighted by Gasteiger charge is 2.47. The van der Waals surface area contributed by atoms with E-state index in [1.54, 1.807) is 21.6 Å². The molecule has 0 bridgehead atoms. The molecule has 2 fully saturated rings. The van der Waals surface area contributed by atoms with Gasteiger partial charge in [0.2, 0.25) is 21.8 Å². The van der Waals surface area contributed by atoms with Crippen molar-refractivity contribution >= 4 is 38.7 Å². The Hall–Kier alpha value is -3.69. The third-order valence-electron chi connectivity index (χ3n) is 7.33. The maximum Gasteiger partial charge on any atom is 0.246 e. The van der Waals surface area contributed by atoms with Gasteiger partial charge in [0, 0.05) is 51.4 Å². The lowest BCUT2D eigenvalue weighted by Gasteiger charge is -2.37. The number of rotatable bonds is 7. The summed E-state index contributed by atoms with van der Waals surface area (Å²) in [6.45, 7) is 10.2. The molecule has 3 aliphatic rings. The summed E-state index contributed by atoms with van der Waals surface area (Å²) in [5, 5.41) is 9.47. The first kappa shape index (κ1) is 25.9. The number of nitrogens with zero attached hydrogens (tertiary/aromatic N) is 6. The van der Waals surface area contributed by atoms with Gasteiger partial charge in [0.05, 0.1) is 23.6 Å². The quantitative estimate of drug-likeness (QED) is 0.528.